The van der Waals surface area contributed by atoms with Crippen LogP contribution in [-0.4, -0.2) is 24.0 Å². The predicted octanol–water partition coefficient (Wildman–Crippen LogP) is 2.25. The zero-order valence-corrected chi connectivity index (χ0v) is 11.1. The van der Waals surface area contributed by atoms with Crippen LogP contribution in [0.2, 0.25) is 0 Å². The number of benzene rings is 1. The zero-order chi connectivity index (χ0) is 13.3. The van der Waals surface area contributed by atoms with E-state index < -0.39 is 26.0 Å². The molecule has 0 aliphatic heterocycles. The SMILES string of the molecule is CC[C@@](Cl)([C@H](O)c1ccccc1F)S(C)(=O)=O. The summed E-state index contributed by atoms with van der Waals surface area (Å²) in [4.78, 5) is 0. The molecule has 0 aliphatic carbocycles. The Balaban J connectivity index is 3.29. The number of alkyl halides is 1. The lowest BCUT2D eigenvalue weighted by Gasteiger charge is -2.29. The standard InChI is InChI=1S/C11H14ClFO3S/c1-3-11(12,17(2,15)16)10(14)8-6-4-5-7-9(8)13/h4-7,10,14H,3H2,1-2H3/t10-,11+/m1/s1. The highest BCUT2D eigenvalue weighted by Crippen LogP contribution is 2.40. The van der Waals surface area contributed by atoms with Crippen LogP contribution in [0.3, 0.4) is 0 Å². The Bertz CT molecular complexity index is 503. The van der Waals surface area contributed by atoms with Crippen LogP contribution in [0.1, 0.15) is 25.0 Å². The summed E-state index contributed by atoms with van der Waals surface area (Å²) in [6.45, 7) is 1.53. The highest BCUT2D eigenvalue weighted by molar-refractivity contribution is 7.93. The number of sulfone groups is 1. The van der Waals surface area contributed by atoms with E-state index in [9.17, 15) is 17.9 Å². The fourth-order valence-electron chi connectivity index (χ4n) is 1.59. The Labute approximate surface area is 105 Å². The highest BCUT2D eigenvalue weighted by Gasteiger charge is 2.45. The summed E-state index contributed by atoms with van der Waals surface area (Å²) in [6.07, 6.45) is -0.707. The number of aliphatic hydroxyl groups is 1. The largest absolute Gasteiger partial charge is 0.385 e. The van der Waals surface area contributed by atoms with Crippen LogP contribution < -0.4 is 0 Å². The van der Waals surface area contributed by atoms with Crippen LogP contribution in [0.25, 0.3) is 0 Å². The molecule has 1 N–H and O–H groups in total. The van der Waals surface area contributed by atoms with Gasteiger partial charge in [0.2, 0.25) is 0 Å². The average molecular weight is 281 g/mol. The lowest BCUT2D eigenvalue weighted by molar-refractivity contribution is 0.150. The second-order valence-corrected chi connectivity index (χ2v) is 7.01. The van der Waals surface area contributed by atoms with Gasteiger partial charge in [0.15, 0.2) is 14.0 Å². The third-order valence-corrected chi connectivity index (χ3v) is 5.77. The van der Waals surface area contributed by atoms with Crippen molar-refractivity contribution < 1.29 is 17.9 Å². The summed E-state index contributed by atoms with van der Waals surface area (Å²) >= 11 is 5.95. The second kappa shape index (κ2) is 4.92. The minimum absolute atomic E-state index is 0.0249. The van der Waals surface area contributed by atoms with E-state index in [1.807, 2.05) is 0 Å². The Morgan fingerprint density at radius 1 is 1.47 bits per heavy atom. The summed E-state index contributed by atoms with van der Waals surface area (Å²) in [7, 11) is -3.73. The molecule has 0 spiro atoms. The number of halogens is 2. The molecule has 0 saturated carbocycles. The van der Waals surface area contributed by atoms with Crippen molar-refractivity contribution in [3.63, 3.8) is 0 Å². The molecule has 2 atom stereocenters. The molecule has 3 nitrogen and oxygen atoms in total. The van der Waals surface area contributed by atoms with E-state index in [1.54, 1.807) is 0 Å². The molecule has 0 radical (unpaired) electrons. The summed E-state index contributed by atoms with van der Waals surface area (Å²) in [5.74, 6) is -0.679. The van der Waals surface area contributed by atoms with Crippen molar-refractivity contribution in [2.45, 2.75) is 23.7 Å². The Morgan fingerprint density at radius 3 is 2.41 bits per heavy atom. The van der Waals surface area contributed by atoms with Gasteiger partial charge in [-0.25, -0.2) is 12.8 Å². The van der Waals surface area contributed by atoms with Crippen molar-refractivity contribution in [3.05, 3.63) is 35.6 Å². The van der Waals surface area contributed by atoms with Gasteiger partial charge in [-0.05, 0) is 12.5 Å². The molecule has 1 aromatic rings. The monoisotopic (exact) mass is 280 g/mol. The number of hydrogen-bond acceptors (Lipinski definition) is 3. The molecule has 1 aromatic carbocycles. The van der Waals surface area contributed by atoms with E-state index >= 15 is 0 Å². The number of hydrogen-bond donors (Lipinski definition) is 1. The first kappa shape index (κ1) is 14.4. The predicted molar refractivity (Wildman–Crippen MR) is 65.1 cm³/mol. The minimum atomic E-state index is -3.73. The van der Waals surface area contributed by atoms with E-state index in [0.717, 1.165) is 12.3 Å². The molecule has 0 heterocycles. The van der Waals surface area contributed by atoms with Crippen molar-refractivity contribution in [1.29, 1.82) is 0 Å². The third kappa shape index (κ3) is 2.61. The van der Waals surface area contributed by atoms with Gasteiger partial charge in [0.25, 0.3) is 0 Å². The second-order valence-electron chi connectivity index (χ2n) is 3.84. The molecule has 0 aromatic heterocycles. The Kier molecular flexibility index (Phi) is 4.17. The molecule has 0 fully saturated rings. The van der Waals surface area contributed by atoms with Crippen molar-refractivity contribution >= 4 is 21.4 Å². The first-order valence-corrected chi connectivity index (χ1v) is 7.32. The summed E-state index contributed by atoms with van der Waals surface area (Å²) < 4.78 is 34.8. The molecule has 0 bridgehead atoms. The molecular weight excluding hydrogens is 267 g/mol. The van der Waals surface area contributed by atoms with Gasteiger partial charge in [-0.2, -0.15) is 0 Å². The first-order valence-electron chi connectivity index (χ1n) is 5.05. The topological polar surface area (TPSA) is 54.4 Å². The third-order valence-electron chi connectivity index (χ3n) is 2.71. The molecule has 96 valence electrons. The first-order chi connectivity index (χ1) is 7.74. The molecule has 17 heavy (non-hydrogen) atoms. The maximum atomic E-state index is 13.5. The maximum absolute atomic E-state index is 13.5. The van der Waals surface area contributed by atoms with Crippen LogP contribution in [0.5, 0.6) is 0 Å². The molecule has 0 saturated heterocycles. The van der Waals surface area contributed by atoms with Gasteiger partial charge in [-0.1, -0.05) is 36.7 Å². The van der Waals surface area contributed by atoms with Crippen molar-refractivity contribution in [2.24, 2.45) is 0 Å². The maximum Gasteiger partial charge on any atom is 0.175 e. The fraction of sp³-hybridized carbons (Fsp3) is 0.455. The van der Waals surface area contributed by atoms with Crippen molar-refractivity contribution in [3.8, 4) is 0 Å². The molecule has 0 aliphatic rings. The fourth-order valence-corrected chi connectivity index (χ4v) is 2.76. The minimum Gasteiger partial charge on any atom is -0.385 e. The lowest BCUT2D eigenvalue weighted by atomic mass is 10.0. The van der Waals surface area contributed by atoms with Crippen LogP contribution in [0.4, 0.5) is 4.39 Å². The van der Waals surface area contributed by atoms with E-state index in [1.165, 1.54) is 25.1 Å². The summed E-state index contributed by atoms with van der Waals surface area (Å²) in [5, 5.41) is 10.0. The Morgan fingerprint density at radius 2 is 2.00 bits per heavy atom. The Hall–Kier alpha value is -0.650. The lowest BCUT2D eigenvalue weighted by Crippen LogP contribution is -2.38. The quantitative estimate of drug-likeness (QED) is 0.861. The normalized spacial score (nSPS) is 17.5. The van der Waals surface area contributed by atoms with Gasteiger partial charge >= 0.3 is 0 Å². The molecule has 6 heteroatoms. The van der Waals surface area contributed by atoms with Crippen LogP contribution in [0, 0.1) is 5.82 Å². The van der Waals surface area contributed by atoms with Gasteiger partial charge < -0.3 is 5.11 Å². The van der Waals surface area contributed by atoms with E-state index in [-0.39, 0.29) is 12.0 Å². The summed E-state index contributed by atoms with van der Waals surface area (Å²) in [5.41, 5.74) is -0.116. The van der Waals surface area contributed by atoms with Crippen molar-refractivity contribution in [2.75, 3.05) is 6.26 Å². The van der Waals surface area contributed by atoms with Gasteiger partial charge in [-0.15, -0.1) is 0 Å². The molecule has 0 unspecified atom stereocenters. The number of rotatable bonds is 4. The highest BCUT2D eigenvalue weighted by atomic mass is 35.5. The smallest absolute Gasteiger partial charge is 0.175 e. The van der Waals surface area contributed by atoms with Crippen LogP contribution in [0.15, 0.2) is 24.3 Å². The van der Waals surface area contributed by atoms with E-state index in [0.29, 0.717) is 0 Å². The van der Waals surface area contributed by atoms with Crippen LogP contribution in [-0.2, 0) is 9.84 Å². The van der Waals surface area contributed by atoms with Gasteiger partial charge in [0, 0.05) is 11.8 Å². The van der Waals surface area contributed by atoms with Crippen molar-refractivity contribution in [1.82, 2.24) is 0 Å². The zero-order valence-electron chi connectivity index (χ0n) is 9.52. The van der Waals surface area contributed by atoms with Gasteiger partial charge in [-0.3, -0.25) is 0 Å². The molecular formula is C11H14ClFO3S. The van der Waals surface area contributed by atoms with E-state index in [4.69, 9.17) is 11.6 Å². The molecule has 0 amide bonds. The average Bonchev–Trinajstić information content (AvgIpc) is 2.26. The number of aliphatic hydroxyl groups excluding tert-OH is 1. The van der Waals surface area contributed by atoms with Crippen LogP contribution >= 0.6 is 11.6 Å². The van der Waals surface area contributed by atoms with Gasteiger partial charge in [0.05, 0.1) is 0 Å². The van der Waals surface area contributed by atoms with E-state index in [2.05, 4.69) is 0 Å². The summed E-state index contributed by atoms with van der Waals surface area (Å²) in [6, 6.07) is 5.43. The van der Waals surface area contributed by atoms with Gasteiger partial charge in [0.1, 0.15) is 11.9 Å². The molecule has 1 rings (SSSR count).